The van der Waals surface area contributed by atoms with Gasteiger partial charge >= 0.3 is 0 Å². The zero-order valence-electron chi connectivity index (χ0n) is 10.1. The Balaban J connectivity index is 0.00000162. The standard InChI is InChI=1S/C13H15ClN2O.ClH/c1-17-13(7-11-5-3-2-4-6-11)16-10-15-9-12(16)8-14;/h2-6,9-10,13H,7-8H2,1H3;1H. The first kappa shape index (κ1) is 15.0. The van der Waals surface area contributed by atoms with Gasteiger partial charge in [-0.15, -0.1) is 24.0 Å². The predicted octanol–water partition coefficient (Wildman–Crippen LogP) is 3.43. The number of ether oxygens (including phenoxy) is 1. The van der Waals surface area contributed by atoms with Gasteiger partial charge in [-0.25, -0.2) is 4.98 Å². The van der Waals surface area contributed by atoms with E-state index in [1.165, 1.54) is 5.56 Å². The van der Waals surface area contributed by atoms with Gasteiger partial charge in [0.1, 0.15) is 6.23 Å². The van der Waals surface area contributed by atoms with Crippen molar-refractivity contribution in [2.24, 2.45) is 0 Å². The van der Waals surface area contributed by atoms with Gasteiger partial charge in [0.15, 0.2) is 0 Å². The fraction of sp³-hybridized carbons (Fsp3) is 0.308. The molecule has 98 valence electrons. The van der Waals surface area contributed by atoms with Crippen LogP contribution in [0, 0.1) is 0 Å². The number of hydrogen-bond acceptors (Lipinski definition) is 2. The van der Waals surface area contributed by atoms with Crippen LogP contribution in [-0.2, 0) is 17.0 Å². The first-order valence-electron chi connectivity index (χ1n) is 5.48. The molecule has 0 aliphatic rings. The Labute approximate surface area is 118 Å². The normalized spacial score (nSPS) is 11.9. The summed E-state index contributed by atoms with van der Waals surface area (Å²) in [4.78, 5) is 4.10. The van der Waals surface area contributed by atoms with Crippen LogP contribution in [0.2, 0.25) is 0 Å². The van der Waals surface area contributed by atoms with Crippen molar-refractivity contribution >= 4 is 24.0 Å². The molecule has 5 heteroatoms. The van der Waals surface area contributed by atoms with Crippen LogP contribution in [0.3, 0.4) is 0 Å². The van der Waals surface area contributed by atoms with E-state index in [0.717, 1.165) is 12.1 Å². The van der Waals surface area contributed by atoms with Crippen molar-refractivity contribution in [3.8, 4) is 0 Å². The second-order valence-electron chi connectivity index (χ2n) is 3.81. The van der Waals surface area contributed by atoms with Crippen molar-refractivity contribution in [1.82, 2.24) is 9.55 Å². The lowest BCUT2D eigenvalue weighted by Crippen LogP contribution is -2.15. The first-order chi connectivity index (χ1) is 8.35. The van der Waals surface area contributed by atoms with Crippen LogP contribution in [0.15, 0.2) is 42.9 Å². The van der Waals surface area contributed by atoms with Gasteiger partial charge in [-0.2, -0.15) is 0 Å². The molecule has 1 aromatic heterocycles. The van der Waals surface area contributed by atoms with Crippen molar-refractivity contribution in [2.45, 2.75) is 18.5 Å². The summed E-state index contributed by atoms with van der Waals surface area (Å²) in [6.07, 6.45) is 4.27. The highest BCUT2D eigenvalue weighted by atomic mass is 35.5. The third-order valence-corrected chi connectivity index (χ3v) is 2.99. The molecular weight excluding hydrogens is 271 g/mol. The number of methoxy groups -OCH3 is 1. The largest absolute Gasteiger partial charge is 0.361 e. The summed E-state index contributed by atoms with van der Waals surface area (Å²) in [6, 6.07) is 10.2. The fourth-order valence-corrected chi connectivity index (χ4v) is 2.01. The molecule has 18 heavy (non-hydrogen) atoms. The molecule has 2 aromatic rings. The summed E-state index contributed by atoms with van der Waals surface area (Å²) in [5.74, 6) is 0.439. The third-order valence-electron chi connectivity index (χ3n) is 2.72. The lowest BCUT2D eigenvalue weighted by molar-refractivity contribution is 0.0428. The summed E-state index contributed by atoms with van der Waals surface area (Å²) < 4.78 is 7.48. The SMILES string of the molecule is COC(Cc1ccccc1)n1cncc1CCl.Cl. The van der Waals surface area contributed by atoms with Gasteiger partial charge < -0.3 is 9.30 Å². The monoisotopic (exact) mass is 286 g/mol. The first-order valence-corrected chi connectivity index (χ1v) is 6.02. The zero-order valence-corrected chi connectivity index (χ0v) is 11.7. The van der Waals surface area contributed by atoms with Crippen molar-refractivity contribution in [1.29, 1.82) is 0 Å². The Kier molecular flexibility index (Phi) is 6.19. The smallest absolute Gasteiger partial charge is 0.138 e. The number of halogens is 2. The Morgan fingerprint density at radius 1 is 1.33 bits per heavy atom. The minimum atomic E-state index is -0.0614. The average molecular weight is 287 g/mol. The number of nitrogens with zero attached hydrogens (tertiary/aromatic N) is 2. The summed E-state index contributed by atoms with van der Waals surface area (Å²) in [6.45, 7) is 0. The average Bonchev–Trinajstić information content (AvgIpc) is 2.85. The Bertz CT molecular complexity index is 459. The molecular formula is C13H16Cl2N2O. The maximum absolute atomic E-state index is 5.86. The molecule has 0 N–H and O–H groups in total. The van der Waals surface area contributed by atoms with Gasteiger partial charge in [0.2, 0.25) is 0 Å². The molecule has 3 nitrogen and oxygen atoms in total. The maximum atomic E-state index is 5.86. The molecule has 1 unspecified atom stereocenters. The highest BCUT2D eigenvalue weighted by molar-refractivity contribution is 6.16. The van der Waals surface area contributed by atoms with E-state index in [2.05, 4.69) is 17.1 Å². The number of imidazole rings is 1. The second kappa shape index (κ2) is 7.41. The number of alkyl halides is 1. The van der Waals surface area contributed by atoms with E-state index in [4.69, 9.17) is 16.3 Å². The van der Waals surface area contributed by atoms with Crippen LogP contribution in [0.25, 0.3) is 0 Å². The Hall–Kier alpha value is -1.03. The molecule has 0 amide bonds. The van der Waals surface area contributed by atoms with Gasteiger partial charge in [-0.3, -0.25) is 0 Å². The molecule has 0 aliphatic carbocycles. The second-order valence-corrected chi connectivity index (χ2v) is 4.07. The van der Waals surface area contributed by atoms with E-state index in [1.807, 2.05) is 22.8 Å². The topological polar surface area (TPSA) is 27.1 Å². The van der Waals surface area contributed by atoms with E-state index < -0.39 is 0 Å². The third kappa shape index (κ3) is 3.48. The van der Waals surface area contributed by atoms with Crippen LogP contribution in [0.5, 0.6) is 0 Å². The summed E-state index contributed by atoms with van der Waals surface area (Å²) in [5.41, 5.74) is 2.20. The van der Waals surface area contributed by atoms with E-state index in [0.29, 0.717) is 5.88 Å². The van der Waals surface area contributed by atoms with Gasteiger partial charge in [0, 0.05) is 19.7 Å². The molecule has 0 radical (unpaired) electrons. The molecule has 1 aromatic carbocycles. The van der Waals surface area contributed by atoms with Gasteiger partial charge in [-0.1, -0.05) is 30.3 Å². The van der Waals surface area contributed by atoms with Gasteiger partial charge in [0.05, 0.1) is 17.9 Å². The minimum absolute atomic E-state index is 0. The number of hydrogen-bond donors (Lipinski definition) is 0. The van der Waals surface area contributed by atoms with Crippen molar-refractivity contribution in [3.63, 3.8) is 0 Å². The molecule has 1 heterocycles. The molecule has 0 spiro atoms. The highest BCUT2D eigenvalue weighted by Crippen LogP contribution is 2.18. The van der Waals surface area contributed by atoms with E-state index in [1.54, 1.807) is 19.6 Å². The van der Waals surface area contributed by atoms with E-state index >= 15 is 0 Å². The highest BCUT2D eigenvalue weighted by Gasteiger charge is 2.13. The fourth-order valence-electron chi connectivity index (χ4n) is 1.81. The predicted molar refractivity (Wildman–Crippen MR) is 75.2 cm³/mol. The van der Waals surface area contributed by atoms with Crippen molar-refractivity contribution in [2.75, 3.05) is 7.11 Å². The van der Waals surface area contributed by atoms with Crippen LogP contribution in [0.4, 0.5) is 0 Å². The van der Waals surface area contributed by atoms with E-state index in [-0.39, 0.29) is 18.6 Å². The van der Waals surface area contributed by atoms with Crippen molar-refractivity contribution in [3.05, 3.63) is 54.1 Å². The zero-order chi connectivity index (χ0) is 12.1. The summed E-state index contributed by atoms with van der Waals surface area (Å²) >= 11 is 5.86. The van der Waals surface area contributed by atoms with Crippen molar-refractivity contribution < 1.29 is 4.74 Å². The summed E-state index contributed by atoms with van der Waals surface area (Å²) in [5, 5.41) is 0. The number of rotatable bonds is 5. The van der Waals surface area contributed by atoms with E-state index in [9.17, 15) is 0 Å². The van der Waals surface area contributed by atoms with Crippen LogP contribution >= 0.6 is 24.0 Å². The van der Waals surface area contributed by atoms with Gasteiger partial charge in [0.25, 0.3) is 0 Å². The maximum Gasteiger partial charge on any atom is 0.138 e. The number of aromatic nitrogens is 2. The Morgan fingerprint density at radius 2 is 2.06 bits per heavy atom. The molecule has 0 saturated carbocycles. The summed E-state index contributed by atoms with van der Waals surface area (Å²) in [7, 11) is 1.70. The molecule has 1 atom stereocenters. The molecule has 0 fully saturated rings. The van der Waals surface area contributed by atoms with Crippen LogP contribution in [0.1, 0.15) is 17.5 Å². The Morgan fingerprint density at radius 3 is 2.67 bits per heavy atom. The van der Waals surface area contributed by atoms with Gasteiger partial charge in [-0.05, 0) is 5.56 Å². The molecule has 0 bridgehead atoms. The van der Waals surface area contributed by atoms with Crippen LogP contribution < -0.4 is 0 Å². The molecule has 0 saturated heterocycles. The minimum Gasteiger partial charge on any atom is -0.361 e. The number of benzene rings is 1. The quantitative estimate of drug-likeness (QED) is 0.788. The molecule has 0 aliphatic heterocycles. The molecule has 2 rings (SSSR count). The van der Waals surface area contributed by atoms with Crippen LogP contribution in [-0.4, -0.2) is 16.7 Å². The lowest BCUT2D eigenvalue weighted by Gasteiger charge is -2.19. The lowest BCUT2D eigenvalue weighted by atomic mass is 10.1.